The summed E-state index contributed by atoms with van der Waals surface area (Å²) in [6.07, 6.45) is 2.79. The van der Waals surface area contributed by atoms with Crippen LogP contribution >= 0.6 is 0 Å². The highest BCUT2D eigenvalue weighted by Crippen LogP contribution is 2.33. The molecular formula is C17H25NO3. The van der Waals surface area contributed by atoms with Crippen molar-refractivity contribution in [3.8, 4) is 5.75 Å². The van der Waals surface area contributed by atoms with Crippen molar-refractivity contribution in [3.05, 3.63) is 29.8 Å². The molecule has 0 N–H and O–H groups in total. The van der Waals surface area contributed by atoms with Crippen molar-refractivity contribution in [3.63, 3.8) is 0 Å². The van der Waals surface area contributed by atoms with Crippen molar-refractivity contribution in [1.82, 2.24) is 4.90 Å². The molecule has 0 radical (unpaired) electrons. The van der Waals surface area contributed by atoms with Crippen LogP contribution in [-0.2, 0) is 16.0 Å². The summed E-state index contributed by atoms with van der Waals surface area (Å²) in [5.41, 5.74) is 1.29. The van der Waals surface area contributed by atoms with Crippen LogP contribution in [0.5, 0.6) is 5.75 Å². The lowest BCUT2D eigenvalue weighted by Gasteiger charge is -2.31. The van der Waals surface area contributed by atoms with Crippen LogP contribution in [0, 0.1) is 0 Å². The molecule has 1 aromatic rings. The number of nitrogens with zero attached hydrogens (tertiary/aromatic N) is 1. The first-order valence-corrected chi connectivity index (χ1v) is 7.92. The second-order valence-electron chi connectivity index (χ2n) is 5.80. The highest BCUT2D eigenvalue weighted by molar-refractivity contribution is 5.28. The van der Waals surface area contributed by atoms with Crippen LogP contribution in [-0.4, -0.2) is 50.0 Å². The first-order chi connectivity index (χ1) is 10.3. The lowest BCUT2D eigenvalue weighted by atomic mass is 10.1. The van der Waals surface area contributed by atoms with E-state index in [1.165, 1.54) is 12.0 Å². The molecule has 1 aromatic carbocycles. The fourth-order valence-corrected chi connectivity index (χ4v) is 3.58. The Bertz CT molecular complexity index is 465. The van der Waals surface area contributed by atoms with E-state index in [2.05, 4.69) is 30.0 Å². The number of fused-ring (bicyclic) bond motifs is 2. The molecule has 4 nitrogen and oxygen atoms in total. The third kappa shape index (κ3) is 3.23. The standard InChI is InChI=1S/C17H25NO3/c1-3-20-17-15-7-8-16(17)21-10-9-18(15)12-13-5-4-6-14(11-13)19-2/h4-6,11,15-17H,3,7-10,12H2,1-2H3/t15-,16-,17-/m1/s1. The van der Waals surface area contributed by atoms with Crippen molar-refractivity contribution in [2.75, 3.05) is 26.9 Å². The summed E-state index contributed by atoms with van der Waals surface area (Å²) in [4.78, 5) is 2.52. The van der Waals surface area contributed by atoms with Gasteiger partial charge in [-0.1, -0.05) is 12.1 Å². The Morgan fingerprint density at radius 2 is 2.24 bits per heavy atom. The number of methoxy groups -OCH3 is 1. The SMILES string of the molecule is CCO[C@@H]1[C@H]2CC[C@H]1OCCN2Cc1cccc(OC)c1. The minimum absolute atomic E-state index is 0.225. The number of ether oxygens (including phenoxy) is 3. The van der Waals surface area contributed by atoms with E-state index in [1.807, 2.05) is 6.07 Å². The first-order valence-electron chi connectivity index (χ1n) is 7.92. The number of benzene rings is 1. The molecule has 0 aromatic heterocycles. The third-order valence-electron chi connectivity index (χ3n) is 4.55. The van der Waals surface area contributed by atoms with Gasteiger partial charge in [-0.15, -0.1) is 0 Å². The van der Waals surface area contributed by atoms with Crippen LogP contribution in [0.4, 0.5) is 0 Å². The minimum Gasteiger partial charge on any atom is -0.497 e. The predicted octanol–water partition coefficient (Wildman–Crippen LogP) is 2.46. The van der Waals surface area contributed by atoms with E-state index in [0.29, 0.717) is 6.04 Å². The molecule has 3 rings (SSSR count). The Balaban J connectivity index is 1.74. The summed E-state index contributed by atoms with van der Waals surface area (Å²) in [6.45, 7) is 5.53. The highest BCUT2D eigenvalue weighted by Gasteiger charge is 2.42. The van der Waals surface area contributed by atoms with Crippen LogP contribution in [0.2, 0.25) is 0 Å². The monoisotopic (exact) mass is 291 g/mol. The van der Waals surface area contributed by atoms with Crippen molar-refractivity contribution >= 4 is 0 Å². The zero-order valence-electron chi connectivity index (χ0n) is 13.0. The van der Waals surface area contributed by atoms with E-state index in [9.17, 15) is 0 Å². The van der Waals surface area contributed by atoms with Gasteiger partial charge in [-0.3, -0.25) is 4.90 Å². The zero-order chi connectivity index (χ0) is 14.7. The van der Waals surface area contributed by atoms with Crippen molar-refractivity contribution in [2.24, 2.45) is 0 Å². The van der Waals surface area contributed by atoms with E-state index < -0.39 is 0 Å². The second-order valence-corrected chi connectivity index (χ2v) is 5.80. The summed E-state index contributed by atoms with van der Waals surface area (Å²) in [6, 6.07) is 8.80. The van der Waals surface area contributed by atoms with Crippen LogP contribution in [0.1, 0.15) is 25.3 Å². The molecular weight excluding hydrogens is 266 g/mol. The zero-order valence-corrected chi connectivity index (χ0v) is 13.0. The number of hydrogen-bond donors (Lipinski definition) is 0. The average molecular weight is 291 g/mol. The molecule has 116 valence electrons. The largest absolute Gasteiger partial charge is 0.497 e. The van der Waals surface area contributed by atoms with Gasteiger partial charge in [-0.25, -0.2) is 0 Å². The number of rotatable bonds is 5. The number of hydrogen-bond acceptors (Lipinski definition) is 4. The topological polar surface area (TPSA) is 30.9 Å². The third-order valence-corrected chi connectivity index (χ3v) is 4.55. The maximum Gasteiger partial charge on any atom is 0.119 e. The van der Waals surface area contributed by atoms with Crippen molar-refractivity contribution < 1.29 is 14.2 Å². The van der Waals surface area contributed by atoms with Gasteiger partial charge in [-0.05, 0) is 37.5 Å². The molecule has 1 saturated heterocycles. The molecule has 2 fully saturated rings. The lowest BCUT2D eigenvalue weighted by molar-refractivity contribution is -0.0498. The molecule has 1 aliphatic carbocycles. The summed E-state index contributed by atoms with van der Waals surface area (Å²) in [7, 11) is 1.71. The van der Waals surface area contributed by atoms with E-state index in [-0.39, 0.29) is 12.2 Å². The minimum atomic E-state index is 0.225. The van der Waals surface area contributed by atoms with Gasteiger partial charge in [-0.2, -0.15) is 0 Å². The fourth-order valence-electron chi connectivity index (χ4n) is 3.58. The predicted molar refractivity (Wildman–Crippen MR) is 81.6 cm³/mol. The Morgan fingerprint density at radius 1 is 1.33 bits per heavy atom. The summed E-state index contributed by atoms with van der Waals surface area (Å²) >= 11 is 0. The summed E-state index contributed by atoms with van der Waals surface area (Å²) < 4.78 is 17.3. The second kappa shape index (κ2) is 6.77. The first kappa shape index (κ1) is 14.8. The van der Waals surface area contributed by atoms with Crippen LogP contribution in [0.3, 0.4) is 0 Å². The highest BCUT2D eigenvalue weighted by atomic mass is 16.5. The maximum absolute atomic E-state index is 5.98. The van der Waals surface area contributed by atoms with Crippen LogP contribution < -0.4 is 4.74 Å². The van der Waals surface area contributed by atoms with Gasteiger partial charge in [0, 0.05) is 25.7 Å². The Hall–Kier alpha value is -1.10. The Morgan fingerprint density at radius 3 is 3.05 bits per heavy atom. The fraction of sp³-hybridized carbons (Fsp3) is 0.647. The van der Waals surface area contributed by atoms with Gasteiger partial charge in [0.25, 0.3) is 0 Å². The van der Waals surface area contributed by atoms with Gasteiger partial charge in [0.05, 0.1) is 25.9 Å². The molecule has 0 unspecified atom stereocenters. The van der Waals surface area contributed by atoms with Gasteiger partial charge < -0.3 is 14.2 Å². The van der Waals surface area contributed by atoms with E-state index >= 15 is 0 Å². The molecule has 1 aliphatic heterocycles. The van der Waals surface area contributed by atoms with Gasteiger partial charge in [0.15, 0.2) is 0 Å². The average Bonchev–Trinajstić information content (AvgIpc) is 2.81. The van der Waals surface area contributed by atoms with Crippen LogP contribution in [0.25, 0.3) is 0 Å². The van der Waals surface area contributed by atoms with E-state index in [0.717, 1.165) is 38.5 Å². The Labute approximate surface area is 127 Å². The molecule has 0 amide bonds. The lowest BCUT2D eigenvalue weighted by Crippen LogP contribution is -2.42. The summed E-state index contributed by atoms with van der Waals surface area (Å²) in [5, 5.41) is 0. The molecule has 1 heterocycles. The van der Waals surface area contributed by atoms with Crippen LogP contribution in [0.15, 0.2) is 24.3 Å². The maximum atomic E-state index is 5.98. The molecule has 4 heteroatoms. The van der Waals surface area contributed by atoms with E-state index in [4.69, 9.17) is 14.2 Å². The Kier molecular flexibility index (Phi) is 4.78. The molecule has 2 aliphatic rings. The molecule has 21 heavy (non-hydrogen) atoms. The molecule has 0 spiro atoms. The normalized spacial score (nSPS) is 29.3. The quantitative estimate of drug-likeness (QED) is 0.834. The van der Waals surface area contributed by atoms with Crippen molar-refractivity contribution in [2.45, 2.75) is 44.6 Å². The van der Waals surface area contributed by atoms with E-state index in [1.54, 1.807) is 7.11 Å². The molecule has 1 saturated carbocycles. The molecule has 2 bridgehead atoms. The van der Waals surface area contributed by atoms with Gasteiger partial charge in [0.2, 0.25) is 0 Å². The molecule has 3 atom stereocenters. The smallest absolute Gasteiger partial charge is 0.119 e. The van der Waals surface area contributed by atoms with Gasteiger partial charge in [0.1, 0.15) is 5.75 Å². The van der Waals surface area contributed by atoms with Gasteiger partial charge >= 0.3 is 0 Å². The summed E-state index contributed by atoms with van der Waals surface area (Å²) in [5.74, 6) is 0.921. The van der Waals surface area contributed by atoms with Crippen molar-refractivity contribution in [1.29, 1.82) is 0 Å².